The first kappa shape index (κ1) is 103. The minimum Gasteiger partial charge on any atom is -0.480 e. The molecule has 0 aromatic heterocycles. The highest BCUT2D eigenvalue weighted by molar-refractivity contribution is 6.49. The van der Waals surface area contributed by atoms with Crippen molar-refractivity contribution in [3.8, 4) is 0 Å². The van der Waals surface area contributed by atoms with Gasteiger partial charge in [-0.3, -0.25) is 47.9 Å². The molecule has 6 fully saturated rings. The third-order valence-electron chi connectivity index (χ3n) is 22.8. The fourth-order valence-corrected chi connectivity index (χ4v) is 16.0. The van der Waals surface area contributed by atoms with Gasteiger partial charge in [-0.2, -0.15) is 0 Å². The van der Waals surface area contributed by atoms with Gasteiger partial charge < -0.3 is 132 Å². The van der Waals surface area contributed by atoms with Crippen LogP contribution in [-0.4, -0.2) is 275 Å². The fourth-order valence-electron chi connectivity index (χ4n) is 16.0. The Kier molecular flexibility index (Phi) is 49.2. The number of aliphatic carboxylic acids is 5. The lowest BCUT2D eigenvalue weighted by Gasteiger charge is -2.26. The Morgan fingerprint density at radius 1 is 0.407 bits per heavy atom. The van der Waals surface area contributed by atoms with Crippen molar-refractivity contribution in [3.05, 3.63) is 0 Å². The van der Waals surface area contributed by atoms with Crippen molar-refractivity contribution >= 4 is 94.0 Å². The summed E-state index contributed by atoms with van der Waals surface area (Å²) in [6.07, 6.45) is 15.6. The zero-order chi connectivity index (χ0) is 85.7. The number of carboxylic acids is 5. The smallest absolute Gasteiger partial charge is 0.321 e. The van der Waals surface area contributed by atoms with Crippen molar-refractivity contribution in [2.45, 2.75) is 308 Å². The summed E-state index contributed by atoms with van der Waals surface area (Å²) in [5.74, 6) is -5.63. The van der Waals surface area contributed by atoms with E-state index >= 15 is 0 Å². The van der Waals surface area contributed by atoms with Gasteiger partial charge in [0.05, 0.1) is 30.2 Å². The molecule has 0 bridgehead atoms. The number of rotatable bonds is 42. The molecule has 5 aliphatic heterocycles. The zero-order valence-electron chi connectivity index (χ0n) is 69.5. The maximum absolute atomic E-state index is 12.4. The van der Waals surface area contributed by atoms with Gasteiger partial charge in [0.2, 0.25) is 29.5 Å². The van der Waals surface area contributed by atoms with Crippen LogP contribution in [0, 0.1) is 53.3 Å². The number of likely N-dealkylation sites (N-methyl/N-ethyl adjacent to an activating group) is 1. The first-order chi connectivity index (χ1) is 53.0. The van der Waals surface area contributed by atoms with Crippen LogP contribution in [0.5, 0.6) is 0 Å². The van der Waals surface area contributed by atoms with E-state index in [1.165, 1.54) is 0 Å². The molecule has 1 saturated carbocycles. The lowest BCUT2D eigenvalue weighted by Crippen LogP contribution is -2.51. The number of nitrogens with one attached hydrogen (secondary N) is 11. The molecule has 5 amide bonds. The molecular weight excluding hydrogens is 1460 g/mol. The molecule has 5 heterocycles. The number of amides is 5. The predicted molar refractivity (Wildman–Crippen MR) is 440 cm³/mol. The summed E-state index contributed by atoms with van der Waals surface area (Å²) in [6.45, 7) is 22.2. The molecule has 35 nitrogen and oxygen atoms in total. The third-order valence-corrected chi connectivity index (χ3v) is 22.8. The van der Waals surface area contributed by atoms with Crippen LogP contribution in [0.1, 0.15) is 151 Å². The third kappa shape index (κ3) is 37.3. The molecule has 29 N–H and O–H groups in total. The second-order valence-electron chi connectivity index (χ2n) is 33.4. The van der Waals surface area contributed by atoms with Crippen LogP contribution < -0.4 is 81.4 Å². The molecule has 0 aromatic rings. The van der Waals surface area contributed by atoms with E-state index in [0.29, 0.717) is 109 Å². The summed E-state index contributed by atoms with van der Waals surface area (Å²) in [7, 11) is 1.75. The molecule has 6 rings (SSSR count). The molecule has 21 atom stereocenters. The summed E-state index contributed by atoms with van der Waals surface area (Å²) < 4.78 is 0. The maximum Gasteiger partial charge on any atom is 0.321 e. The second kappa shape index (κ2) is 53.7. The van der Waals surface area contributed by atoms with Gasteiger partial charge in [-0.15, -0.1) is 0 Å². The quantitative estimate of drug-likeness (QED) is 0.0311. The standard InChI is InChI=1S/C16H30BN3O4.3C15H30BN3O4.C12H24BN3O4/c1-17(24)8-4-7-11-12(9-19-14(11)16(22)23)20-15(21)13(18)10-5-2-3-6-10;1-9(2)12(17-4)14(20)19-11-8-18-13(15(21)22)10(11)6-5-7-16(3)23;1-9(2)7-11(17)14(20)19-12-8-18-13(15(21)22)10(12)5-4-6-16(3)23;1-4-9(2)12(17)14(20)19-11-8-18-13(15(21)22)10(11)6-5-7-16(3)23;1-7(14)11(17)16-9-6-15-10(12(18)19)8(9)4-3-5-13(2)20/h10-14,19,24H,2-9,18H2,1H3,(H,20,21)(H,22,23);9-13,17-18,23H,5-8H2,1-4H3,(H,19,20)(H,21,22);2*9-13,18,23H,4-8,17H2,1-3H3,(H,19,20)(H,21,22);7-10,15,20H,3-6,14H2,1-2H3,(H,16,17)(H,18,19). The van der Waals surface area contributed by atoms with E-state index in [1.54, 1.807) is 48.1 Å². The normalized spacial score (nSPS) is 26.6. The van der Waals surface area contributed by atoms with Crippen molar-refractivity contribution in [2.24, 2.45) is 76.2 Å². The average molecular weight is 1610 g/mol. The van der Waals surface area contributed by atoms with Crippen molar-refractivity contribution in [1.29, 1.82) is 0 Å². The van der Waals surface area contributed by atoms with Gasteiger partial charge in [0.15, 0.2) is 0 Å². The van der Waals surface area contributed by atoms with Gasteiger partial charge in [0.1, 0.15) is 30.2 Å². The lowest BCUT2D eigenvalue weighted by atomic mass is 9.66. The fraction of sp³-hybridized carbons (Fsp3) is 0.863. The molecule has 113 heavy (non-hydrogen) atoms. The Balaban J connectivity index is 0.000000480. The summed E-state index contributed by atoms with van der Waals surface area (Å²) in [4.78, 5) is 118. The number of hydrogen-bond donors (Lipinski definition) is 25. The monoisotopic (exact) mass is 1610 g/mol. The summed E-state index contributed by atoms with van der Waals surface area (Å²) in [5, 5.41) is 126. The molecule has 1 aliphatic carbocycles. The Hall–Kier alpha value is -5.58. The Labute approximate surface area is 671 Å². The molecular formula is C73H144B5N15O20. The van der Waals surface area contributed by atoms with Crippen LogP contribution in [-0.2, 0) is 47.9 Å². The van der Waals surface area contributed by atoms with Crippen molar-refractivity contribution in [3.63, 3.8) is 0 Å². The van der Waals surface area contributed by atoms with E-state index in [0.717, 1.165) is 64.2 Å². The van der Waals surface area contributed by atoms with E-state index in [9.17, 15) is 98.6 Å². The van der Waals surface area contributed by atoms with Gasteiger partial charge in [0, 0.05) is 92.5 Å². The number of nitrogens with two attached hydrogens (primary N) is 4. The Morgan fingerprint density at radius 3 is 0.912 bits per heavy atom. The number of carbonyl (C=O) groups is 10. The van der Waals surface area contributed by atoms with Gasteiger partial charge >= 0.3 is 29.8 Å². The predicted octanol–water partition coefficient (Wildman–Crippen LogP) is -1.46. The van der Waals surface area contributed by atoms with Gasteiger partial charge in [-0.25, -0.2) is 0 Å². The minimum absolute atomic E-state index is 0.0771. The van der Waals surface area contributed by atoms with Crippen LogP contribution in [0.15, 0.2) is 0 Å². The highest BCUT2D eigenvalue weighted by Crippen LogP contribution is 2.31. The average Bonchev–Trinajstić information content (AvgIpc) is 1.72. The van der Waals surface area contributed by atoms with E-state index in [-0.39, 0.29) is 113 Å². The summed E-state index contributed by atoms with van der Waals surface area (Å²) in [5.41, 5.74) is 23.5. The summed E-state index contributed by atoms with van der Waals surface area (Å²) >= 11 is 0. The Morgan fingerprint density at radius 2 is 0.673 bits per heavy atom. The molecule has 646 valence electrons. The summed E-state index contributed by atoms with van der Waals surface area (Å²) in [6, 6.07) is -7.03. The maximum atomic E-state index is 12.4. The van der Waals surface area contributed by atoms with Crippen LogP contribution in [0.25, 0.3) is 0 Å². The van der Waals surface area contributed by atoms with Crippen LogP contribution in [0.3, 0.4) is 0 Å². The van der Waals surface area contributed by atoms with Gasteiger partial charge in [-0.05, 0) is 121 Å². The first-order valence-corrected chi connectivity index (χ1v) is 41.4. The molecule has 0 radical (unpaired) electrons. The highest BCUT2D eigenvalue weighted by atomic mass is 16.4. The number of hydrogen-bond acceptors (Lipinski definition) is 25. The number of carbonyl (C=O) groups excluding carboxylic acids is 5. The van der Waals surface area contributed by atoms with Gasteiger partial charge in [0.25, 0.3) is 34.6 Å². The van der Waals surface area contributed by atoms with E-state index in [4.69, 9.17) is 22.9 Å². The second-order valence-corrected chi connectivity index (χ2v) is 33.4. The van der Waals surface area contributed by atoms with Gasteiger partial charge in [-0.1, -0.05) is 127 Å². The first-order valence-electron chi connectivity index (χ1n) is 41.4. The van der Waals surface area contributed by atoms with Crippen molar-refractivity contribution in [2.75, 3.05) is 39.8 Å². The van der Waals surface area contributed by atoms with E-state index in [1.807, 2.05) is 41.5 Å². The Bertz CT molecular complexity index is 2870. The molecule has 40 heteroatoms. The van der Waals surface area contributed by atoms with Crippen molar-refractivity contribution in [1.82, 2.24) is 58.5 Å². The van der Waals surface area contributed by atoms with Crippen molar-refractivity contribution < 1.29 is 98.6 Å². The molecule has 0 spiro atoms. The highest BCUT2D eigenvalue weighted by Gasteiger charge is 2.46. The van der Waals surface area contributed by atoms with E-state index < -0.39 is 119 Å². The SMILES string of the molecule is CB(O)CCCC1C(NC(=O)C(C)N)CNC1C(=O)O.CB(O)CCCC1C(NC(=O)C(N)C2CCCC2)CNC1C(=O)O.CB(O)CCCC1C(NC(=O)C(N)CC(C)C)CNC1C(=O)O.CCC(C)C(N)C(=O)NC1CNC(C(=O)O)C1CCCB(C)O.CNC(C(=O)NC1CNC(C(=O)O)C1CCCB(C)O)C(C)C. The minimum atomic E-state index is -0.912. The molecule has 21 unspecified atom stereocenters. The van der Waals surface area contributed by atoms with Crippen LogP contribution in [0.2, 0.25) is 65.7 Å². The topological polar surface area (TPSA) is 609 Å². The molecule has 0 aromatic carbocycles. The van der Waals surface area contributed by atoms with E-state index in [2.05, 4.69) is 58.5 Å². The molecule has 5 saturated heterocycles. The largest absolute Gasteiger partial charge is 0.480 e. The lowest BCUT2D eigenvalue weighted by molar-refractivity contribution is -0.141. The number of carboxylic acid groups (broad SMARTS) is 5. The van der Waals surface area contributed by atoms with Crippen LogP contribution >= 0.6 is 0 Å². The van der Waals surface area contributed by atoms with Crippen LogP contribution in [0.4, 0.5) is 0 Å². The molecule has 6 aliphatic rings. The zero-order valence-corrected chi connectivity index (χ0v) is 69.5.